The fraction of sp³-hybridized carbons (Fsp3) is 0.500. The first-order valence-electron chi connectivity index (χ1n) is 3.85. The Balaban J connectivity index is 2.88. The molecule has 1 aliphatic rings. The zero-order chi connectivity index (χ0) is 11.6. The molecular weight excluding hydrogens is 226 g/mol. The fourth-order valence-electron chi connectivity index (χ4n) is 0.987. The predicted molar refractivity (Wildman–Crippen MR) is 50.6 cm³/mol. The van der Waals surface area contributed by atoms with Crippen molar-refractivity contribution >= 4 is 16.3 Å². The van der Waals surface area contributed by atoms with Gasteiger partial charge in [-0.1, -0.05) is 0 Å². The monoisotopic (exact) mass is 237 g/mol. The molecule has 15 heavy (non-hydrogen) atoms. The molecule has 0 aromatic rings. The second-order valence-electron chi connectivity index (χ2n) is 2.70. The molecule has 0 saturated carbocycles. The van der Waals surface area contributed by atoms with Crippen molar-refractivity contribution in [3.63, 3.8) is 0 Å². The minimum absolute atomic E-state index is 0.246. The number of hydroxylamine groups is 2. The average molecular weight is 237 g/mol. The van der Waals surface area contributed by atoms with Crippen molar-refractivity contribution in [2.45, 2.75) is 13.2 Å². The number of hydrogen-bond acceptors (Lipinski definition) is 7. The van der Waals surface area contributed by atoms with E-state index in [1.54, 1.807) is 0 Å². The van der Waals surface area contributed by atoms with Gasteiger partial charge in [-0.25, -0.2) is 10.1 Å². The summed E-state index contributed by atoms with van der Waals surface area (Å²) in [6.07, 6.45) is 0.320. The maximum absolute atomic E-state index is 10.5. The van der Waals surface area contributed by atoms with E-state index >= 15 is 0 Å². The predicted octanol–water partition coefficient (Wildman–Crippen LogP) is -0.773. The lowest BCUT2D eigenvalue weighted by Gasteiger charge is -2.28. The van der Waals surface area contributed by atoms with Gasteiger partial charge in [-0.15, -0.1) is 4.28 Å². The number of nitrogens with zero attached hydrogens (tertiary/aromatic N) is 2. The maximum Gasteiger partial charge on any atom is 0.418 e. The summed E-state index contributed by atoms with van der Waals surface area (Å²) >= 11 is 0. The third kappa shape index (κ3) is 3.16. The normalized spacial score (nSPS) is 22.1. The van der Waals surface area contributed by atoms with Gasteiger partial charge < -0.3 is 4.74 Å². The molecule has 0 amide bonds. The van der Waals surface area contributed by atoms with Gasteiger partial charge in [-0.2, -0.15) is 8.42 Å². The summed E-state index contributed by atoms with van der Waals surface area (Å²) in [7, 11) is -3.22. The van der Waals surface area contributed by atoms with E-state index in [0.717, 1.165) is 5.06 Å². The second kappa shape index (κ2) is 4.14. The van der Waals surface area contributed by atoms with Crippen molar-refractivity contribution in [3.05, 3.63) is 11.8 Å². The topological polar surface area (TPSA) is 114 Å². The van der Waals surface area contributed by atoms with Crippen LogP contribution < -0.4 is 5.73 Å². The molecule has 0 aromatic carbocycles. The molecule has 1 atom stereocenters. The molecule has 1 rings (SSSR count). The Morgan fingerprint density at radius 1 is 1.67 bits per heavy atom. The van der Waals surface area contributed by atoms with Crippen LogP contribution in [0.1, 0.15) is 6.92 Å². The summed E-state index contributed by atoms with van der Waals surface area (Å²) in [4.78, 5) is 3.74. The van der Waals surface area contributed by atoms with Gasteiger partial charge in [-0.05, 0) is 6.92 Å². The quantitative estimate of drug-likeness (QED) is 0.606. The number of ether oxygens (including phenoxy) is 1. The molecule has 8 nitrogen and oxygen atoms in total. The molecule has 0 fully saturated rings. The van der Waals surface area contributed by atoms with Crippen molar-refractivity contribution in [1.82, 2.24) is 5.06 Å². The zero-order valence-corrected chi connectivity index (χ0v) is 8.93. The Kier molecular flexibility index (Phi) is 3.29. The van der Waals surface area contributed by atoms with Crippen molar-refractivity contribution < 1.29 is 22.0 Å². The highest BCUT2D eigenvalue weighted by molar-refractivity contribution is 7.80. The Morgan fingerprint density at radius 2 is 2.27 bits per heavy atom. The Hall–Kier alpha value is -1.16. The second-order valence-corrected chi connectivity index (χ2v) is 3.70. The summed E-state index contributed by atoms with van der Waals surface area (Å²) < 4.78 is 38.4. The summed E-state index contributed by atoms with van der Waals surface area (Å²) in [5.74, 6) is 0.246. The van der Waals surface area contributed by atoms with Crippen molar-refractivity contribution in [1.29, 1.82) is 0 Å². The minimum Gasteiger partial charge on any atom is -0.481 e. The lowest BCUT2D eigenvalue weighted by molar-refractivity contribution is -0.0618. The highest BCUT2D eigenvalue weighted by Crippen LogP contribution is 2.15. The highest BCUT2D eigenvalue weighted by Gasteiger charge is 2.25. The lowest BCUT2D eigenvalue weighted by atomic mass is 10.4. The van der Waals surface area contributed by atoms with Gasteiger partial charge in [0.05, 0.1) is 7.11 Å². The largest absolute Gasteiger partial charge is 0.481 e. The summed E-state index contributed by atoms with van der Waals surface area (Å²) in [5.41, 5.74) is 5.80. The molecule has 0 bridgehead atoms. The first-order chi connectivity index (χ1) is 6.83. The molecule has 0 saturated heterocycles. The van der Waals surface area contributed by atoms with Crippen LogP contribution in [0, 0.1) is 0 Å². The highest BCUT2D eigenvalue weighted by atomic mass is 32.3. The van der Waals surface area contributed by atoms with E-state index in [1.807, 2.05) is 0 Å². The van der Waals surface area contributed by atoms with E-state index in [4.69, 9.17) is 15.0 Å². The van der Waals surface area contributed by atoms with Crippen LogP contribution in [0.2, 0.25) is 0 Å². The smallest absolute Gasteiger partial charge is 0.418 e. The Morgan fingerprint density at radius 3 is 2.67 bits per heavy atom. The molecule has 0 aromatic heterocycles. The molecule has 3 N–H and O–H groups in total. The number of methoxy groups -OCH3 is 1. The molecule has 0 radical (unpaired) electrons. The van der Waals surface area contributed by atoms with E-state index in [9.17, 15) is 8.42 Å². The van der Waals surface area contributed by atoms with Crippen LogP contribution >= 0.6 is 0 Å². The molecule has 1 heterocycles. The standard InChI is InChI=1S/C6H11N3O5S/c1-4-3-5(13-2)8-6(7)9(4)14-15(10,11)12/h3,6H,7H2,1-2H3,(H,10,11,12). The maximum atomic E-state index is 10.5. The zero-order valence-electron chi connectivity index (χ0n) is 8.11. The molecule has 0 aliphatic carbocycles. The van der Waals surface area contributed by atoms with Crippen LogP contribution in [-0.2, 0) is 19.4 Å². The number of rotatable bonds is 2. The van der Waals surface area contributed by atoms with Crippen molar-refractivity contribution in [2.24, 2.45) is 10.7 Å². The first-order valence-corrected chi connectivity index (χ1v) is 5.22. The van der Waals surface area contributed by atoms with Gasteiger partial charge in [0.1, 0.15) is 0 Å². The van der Waals surface area contributed by atoms with E-state index in [1.165, 1.54) is 20.1 Å². The van der Waals surface area contributed by atoms with Crippen LogP contribution in [-0.4, -0.2) is 37.3 Å². The van der Waals surface area contributed by atoms with Gasteiger partial charge >= 0.3 is 10.4 Å². The molecule has 1 aliphatic heterocycles. The Bertz CT molecular complexity index is 401. The van der Waals surface area contributed by atoms with Crippen LogP contribution in [0.15, 0.2) is 16.8 Å². The summed E-state index contributed by atoms with van der Waals surface area (Å²) in [5, 5.41) is 0.748. The summed E-state index contributed by atoms with van der Waals surface area (Å²) in [6, 6.07) is 0. The summed E-state index contributed by atoms with van der Waals surface area (Å²) in [6.45, 7) is 1.53. The van der Waals surface area contributed by atoms with Gasteiger partial charge in [0.15, 0.2) is 0 Å². The van der Waals surface area contributed by atoms with Crippen molar-refractivity contribution in [3.8, 4) is 0 Å². The lowest BCUT2D eigenvalue weighted by Crippen LogP contribution is -2.43. The number of nitrogens with two attached hydrogens (primary N) is 1. The van der Waals surface area contributed by atoms with Crippen LogP contribution in [0.3, 0.4) is 0 Å². The molecule has 9 heteroatoms. The molecular formula is C6H11N3O5S. The fourth-order valence-corrected chi connectivity index (χ4v) is 1.40. The van der Waals surface area contributed by atoms with E-state index in [-0.39, 0.29) is 5.90 Å². The van der Waals surface area contributed by atoms with E-state index in [2.05, 4.69) is 9.28 Å². The van der Waals surface area contributed by atoms with Gasteiger partial charge in [0.25, 0.3) is 0 Å². The Labute approximate surface area is 86.9 Å². The SMILES string of the molecule is COC1=NC(N)N(OS(=O)(=O)O)C(C)=C1. The number of aliphatic imine (C=N–C) groups is 1. The number of hydrogen-bond donors (Lipinski definition) is 2. The third-order valence-corrected chi connectivity index (χ3v) is 1.91. The van der Waals surface area contributed by atoms with E-state index in [0.29, 0.717) is 5.70 Å². The molecule has 86 valence electrons. The first kappa shape index (κ1) is 11.9. The van der Waals surface area contributed by atoms with Crippen molar-refractivity contribution in [2.75, 3.05) is 7.11 Å². The molecule has 0 spiro atoms. The van der Waals surface area contributed by atoms with Gasteiger partial charge in [0.2, 0.25) is 12.2 Å². The number of allylic oxidation sites excluding steroid dienone is 1. The minimum atomic E-state index is -4.62. The average Bonchev–Trinajstić information content (AvgIpc) is 2.09. The van der Waals surface area contributed by atoms with Gasteiger partial charge in [0, 0.05) is 11.8 Å². The molecule has 1 unspecified atom stereocenters. The van der Waals surface area contributed by atoms with Crippen LogP contribution in [0.5, 0.6) is 0 Å². The third-order valence-electron chi connectivity index (χ3n) is 1.56. The van der Waals surface area contributed by atoms with Crippen LogP contribution in [0.25, 0.3) is 0 Å². The van der Waals surface area contributed by atoms with Gasteiger partial charge in [-0.3, -0.25) is 10.3 Å². The van der Waals surface area contributed by atoms with Crippen LogP contribution in [0.4, 0.5) is 0 Å². The van der Waals surface area contributed by atoms with E-state index < -0.39 is 16.7 Å².